The summed E-state index contributed by atoms with van der Waals surface area (Å²) in [5.41, 5.74) is 4.44. The zero-order valence-electron chi connectivity index (χ0n) is 18.9. The number of amides is 1. The van der Waals surface area contributed by atoms with Gasteiger partial charge in [-0.05, 0) is 66.1 Å². The molecular formula is C29H23BrN2O2. The largest absolute Gasteiger partial charge is 0.488 e. The smallest absolute Gasteiger partial charge is 0.266 e. The Kier molecular flexibility index (Phi) is 7.10. The van der Waals surface area contributed by atoms with Gasteiger partial charge in [0.25, 0.3) is 5.91 Å². The molecule has 1 amide bonds. The first kappa shape index (κ1) is 23.3. The Morgan fingerprint density at radius 1 is 1.03 bits per heavy atom. The molecule has 0 atom stereocenters. The molecule has 0 saturated carbocycles. The average molecular weight is 511 g/mol. The van der Waals surface area contributed by atoms with E-state index in [0.717, 1.165) is 31.9 Å². The Hall–Kier alpha value is -3.88. The van der Waals surface area contributed by atoms with Crippen molar-refractivity contribution in [2.75, 3.05) is 5.32 Å². The second-order valence-electron chi connectivity index (χ2n) is 8.06. The number of anilines is 1. The summed E-state index contributed by atoms with van der Waals surface area (Å²) in [7, 11) is 0. The minimum absolute atomic E-state index is 0.00446. The maximum Gasteiger partial charge on any atom is 0.266 e. The third-order valence-electron chi connectivity index (χ3n) is 5.52. The number of halogens is 1. The predicted octanol–water partition coefficient (Wildman–Crippen LogP) is 7.34. The van der Waals surface area contributed by atoms with Crippen LogP contribution in [0.4, 0.5) is 5.69 Å². The van der Waals surface area contributed by atoms with Crippen LogP contribution in [0.2, 0.25) is 0 Å². The summed E-state index contributed by atoms with van der Waals surface area (Å²) < 4.78 is 7.14. The first-order chi connectivity index (χ1) is 16.4. The monoisotopic (exact) mass is 510 g/mol. The molecule has 4 aromatic rings. The van der Waals surface area contributed by atoms with Crippen LogP contribution in [-0.2, 0) is 11.4 Å². The molecule has 0 aliphatic rings. The van der Waals surface area contributed by atoms with E-state index in [1.54, 1.807) is 6.08 Å². The molecular weight excluding hydrogens is 488 g/mol. The fraction of sp³-hybridized carbons (Fsp3) is 0.103. The molecule has 0 spiro atoms. The molecule has 0 aliphatic carbocycles. The molecule has 0 saturated heterocycles. The van der Waals surface area contributed by atoms with Crippen LogP contribution in [0.25, 0.3) is 16.8 Å². The molecule has 4 rings (SSSR count). The topological polar surface area (TPSA) is 62.1 Å². The molecule has 5 heteroatoms. The van der Waals surface area contributed by atoms with Gasteiger partial charge in [0.2, 0.25) is 0 Å². The van der Waals surface area contributed by atoms with Crippen LogP contribution >= 0.6 is 15.9 Å². The number of ether oxygens (including phenoxy) is 1. The number of carbonyl (C=O) groups is 1. The number of hydrogen-bond donors (Lipinski definition) is 1. The van der Waals surface area contributed by atoms with Crippen LogP contribution in [0.5, 0.6) is 5.75 Å². The number of hydrogen-bond acceptors (Lipinski definition) is 3. The van der Waals surface area contributed by atoms with Crippen molar-refractivity contribution < 1.29 is 9.53 Å². The Morgan fingerprint density at radius 3 is 2.53 bits per heavy atom. The molecule has 0 heterocycles. The predicted molar refractivity (Wildman–Crippen MR) is 141 cm³/mol. The van der Waals surface area contributed by atoms with E-state index >= 15 is 0 Å². The van der Waals surface area contributed by atoms with Crippen molar-refractivity contribution >= 4 is 44.4 Å². The SMILES string of the molecule is Cc1ccc(NC(=O)/C(C#N)=C/c2c(OCc3ccc(Br)cc3)ccc3ccccc23)c(C)c1. The Bertz CT molecular complexity index is 1430. The molecule has 0 fully saturated rings. The standard InChI is InChI=1S/C29H23BrN2O2/c1-19-7-13-27(20(2)15-19)32-29(33)23(17-31)16-26-25-6-4-3-5-22(25)10-14-28(26)34-18-21-8-11-24(30)12-9-21/h3-16H,18H2,1-2H3,(H,32,33)/b23-16+. The van der Waals surface area contributed by atoms with E-state index in [0.29, 0.717) is 23.6 Å². The van der Waals surface area contributed by atoms with Crippen LogP contribution in [0.1, 0.15) is 22.3 Å². The van der Waals surface area contributed by atoms with Crippen molar-refractivity contribution in [3.8, 4) is 11.8 Å². The second kappa shape index (κ2) is 10.4. The second-order valence-corrected chi connectivity index (χ2v) is 8.97. The molecule has 4 aromatic carbocycles. The molecule has 1 N–H and O–H groups in total. The van der Waals surface area contributed by atoms with E-state index in [4.69, 9.17) is 4.74 Å². The number of fused-ring (bicyclic) bond motifs is 1. The molecule has 0 aliphatic heterocycles. The highest BCUT2D eigenvalue weighted by Crippen LogP contribution is 2.31. The van der Waals surface area contributed by atoms with Crippen molar-refractivity contribution in [2.45, 2.75) is 20.5 Å². The van der Waals surface area contributed by atoms with Crippen molar-refractivity contribution in [3.05, 3.63) is 111 Å². The minimum Gasteiger partial charge on any atom is -0.488 e. The summed E-state index contributed by atoms with van der Waals surface area (Å²) in [4.78, 5) is 13.0. The Labute approximate surface area is 207 Å². The number of nitriles is 1. The van der Waals surface area contributed by atoms with Crippen LogP contribution in [0.3, 0.4) is 0 Å². The highest BCUT2D eigenvalue weighted by molar-refractivity contribution is 9.10. The van der Waals surface area contributed by atoms with E-state index in [9.17, 15) is 10.1 Å². The first-order valence-corrected chi connectivity index (χ1v) is 11.6. The van der Waals surface area contributed by atoms with Gasteiger partial charge in [-0.2, -0.15) is 5.26 Å². The normalized spacial score (nSPS) is 11.2. The van der Waals surface area contributed by atoms with Crippen LogP contribution in [0.15, 0.2) is 88.9 Å². The summed E-state index contributed by atoms with van der Waals surface area (Å²) in [5, 5.41) is 14.6. The first-order valence-electron chi connectivity index (χ1n) is 10.8. The van der Waals surface area contributed by atoms with Crippen molar-refractivity contribution in [3.63, 3.8) is 0 Å². The van der Waals surface area contributed by atoms with Crippen molar-refractivity contribution in [2.24, 2.45) is 0 Å². The quantitative estimate of drug-likeness (QED) is 0.218. The van der Waals surface area contributed by atoms with E-state index < -0.39 is 5.91 Å². The molecule has 0 aromatic heterocycles. The summed E-state index contributed by atoms with van der Waals surface area (Å²) in [6, 6.07) is 27.4. The lowest BCUT2D eigenvalue weighted by Crippen LogP contribution is -2.14. The fourth-order valence-electron chi connectivity index (χ4n) is 3.73. The number of rotatable bonds is 6. The van der Waals surface area contributed by atoms with Gasteiger partial charge in [0.15, 0.2) is 0 Å². The number of nitrogens with zero attached hydrogens (tertiary/aromatic N) is 1. The van der Waals surface area contributed by atoms with E-state index in [-0.39, 0.29) is 5.57 Å². The molecule has 34 heavy (non-hydrogen) atoms. The third-order valence-corrected chi connectivity index (χ3v) is 6.05. The Balaban J connectivity index is 1.69. The molecule has 0 unspecified atom stereocenters. The lowest BCUT2D eigenvalue weighted by atomic mass is 10.0. The number of carbonyl (C=O) groups excluding carboxylic acids is 1. The number of aryl methyl sites for hydroxylation is 2. The highest BCUT2D eigenvalue weighted by atomic mass is 79.9. The van der Waals surface area contributed by atoms with E-state index in [1.165, 1.54) is 0 Å². The van der Waals surface area contributed by atoms with Crippen LogP contribution in [-0.4, -0.2) is 5.91 Å². The number of nitrogens with one attached hydrogen (secondary N) is 1. The van der Waals surface area contributed by atoms with Crippen LogP contribution in [0, 0.1) is 25.2 Å². The van der Waals surface area contributed by atoms with Gasteiger partial charge in [-0.3, -0.25) is 4.79 Å². The average Bonchev–Trinajstić information content (AvgIpc) is 2.84. The van der Waals surface area contributed by atoms with Gasteiger partial charge in [-0.1, -0.05) is 76.1 Å². The van der Waals surface area contributed by atoms with Crippen molar-refractivity contribution in [1.29, 1.82) is 5.26 Å². The zero-order valence-corrected chi connectivity index (χ0v) is 20.5. The summed E-state index contributed by atoms with van der Waals surface area (Å²) in [6.07, 6.45) is 1.61. The molecule has 4 nitrogen and oxygen atoms in total. The lowest BCUT2D eigenvalue weighted by molar-refractivity contribution is -0.112. The molecule has 168 valence electrons. The van der Waals surface area contributed by atoms with Gasteiger partial charge in [-0.25, -0.2) is 0 Å². The van der Waals surface area contributed by atoms with Crippen LogP contribution < -0.4 is 10.1 Å². The van der Waals surface area contributed by atoms with E-state index in [2.05, 4.69) is 27.3 Å². The van der Waals surface area contributed by atoms with Gasteiger partial charge >= 0.3 is 0 Å². The summed E-state index contributed by atoms with van der Waals surface area (Å²) in [6.45, 7) is 4.29. The molecule has 0 bridgehead atoms. The van der Waals surface area contributed by atoms with Gasteiger partial charge in [0.1, 0.15) is 24.0 Å². The number of benzene rings is 4. The highest BCUT2D eigenvalue weighted by Gasteiger charge is 2.15. The maximum atomic E-state index is 13.0. The Morgan fingerprint density at radius 2 is 1.79 bits per heavy atom. The fourth-order valence-corrected chi connectivity index (χ4v) is 3.99. The van der Waals surface area contributed by atoms with E-state index in [1.807, 2.05) is 92.7 Å². The maximum absolute atomic E-state index is 13.0. The molecule has 0 radical (unpaired) electrons. The minimum atomic E-state index is -0.457. The zero-order chi connectivity index (χ0) is 24.1. The summed E-state index contributed by atoms with van der Waals surface area (Å²) >= 11 is 3.44. The summed E-state index contributed by atoms with van der Waals surface area (Å²) in [5.74, 6) is 0.148. The third kappa shape index (κ3) is 5.36. The van der Waals surface area contributed by atoms with Gasteiger partial charge < -0.3 is 10.1 Å². The van der Waals surface area contributed by atoms with Crippen molar-refractivity contribution in [1.82, 2.24) is 0 Å². The van der Waals surface area contributed by atoms with Gasteiger partial charge in [0, 0.05) is 15.7 Å². The lowest BCUT2D eigenvalue weighted by Gasteiger charge is -2.13. The van der Waals surface area contributed by atoms with Gasteiger partial charge in [0.05, 0.1) is 0 Å². The van der Waals surface area contributed by atoms with Gasteiger partial charge in [-0.15, -0.1) is 0 Å².